The van der Waals surface area contributed by atoms with Crippen molar-refractivity contribution in [3.8, 4) is 0 Å². The molecule has 1 saturated heterocycles. The van der Waals surface area contributed by atoms with Gasteiger partial charge in [-0.1, -0.05) is 54.1 Å². The van der Waals surface area contributed by atoms with Gasteiger partial charge in [0, 0.05) is 12.6 Å². The average Bonchev–Trinajstić information content (AvgIpc) is 3.21. The van der Waals surface area contributed by atoms with Crippen LogP contribution in [0.15, 0.2) is 60.8 Å². The molecule has 10 nitrogen and oxygen atoms in total. The van der Waals surface area contributed by atoms with Crippen molar-refractivity contribution >= 4 is 41.0 Å². The topological polar surface area (TPSA) is 115 Å². The first-order chi connectivity index (χ1) is 21.3. The Morgan fingerprint density at radius 2 is 1.64 bits per heavy atom. The molecule has 0 unspecified atom stereocenters. The van der Waals surface area contributed by atoms with Crippen LogP contribution in [-0.2, 0) is 25.4 Å². The molecule has 0 radical (unpaired) electrons. The predicted molar refractivity (Wildman–Crippen MR) is 158 cm³/mol. The average molecular weight is 642 g/mol. The molecule has 0 bridgehead atoms. The van der Waals surface area contributed by atoms with Crippen LogP contribution in [-0.4, -0.2) is 71.3 Å². The monoisotopic (exact) mass is 641 g/mol. The summed E-state index contributed by atoms with van der Waals surface area (Å²) in [4.78, 5) is 58.0. The van der Waals surface area contributed by atoms with Gasteiger partial charge in [-0.2, -0.15) is 0 Å². The summed E-state index contributed by atoms with van der Waals surface area (Å²) in [5, 5.41) is -0.168. The molecule has 0 atom stereocenters. The van der Waals surface area contributed by atoms with Gasteiger partial charge in [-0.15, -0.1) is 0 Å². The quantitative estimate of drug-likeness (QED) is 0.206. The second-order valence-corrected chi connectivity index (χ2v) is 11.3. The Kier molecular flexibility index (Phi) is 9.28. The lowest BCUT2D eigenvalue weighted by molar-refractivity contribution is -0.373. The highest BCUT2D eigenvalue weighted by Crippen LogP contribution is 2.37. The largest absolute Gasteiger partial charge is 0.458 e. The lowest BCUT2D eigenvalue weighted by atomic mass is 10.0. The Morgan fingerprint density at radius 1 is 1.04 bits per heavy atom. The fourth-order valence-corrected chi connectivity index (χ4v) is 5.40. The fraction of sp³-hybridized carbons (Fsp3) is 0.344. The summed E-state index contributed by atoms with van der Waals surface area (Å²) in [6.45, 7) is 2.09. The van der Waals surface area contributed by atoms with Gasteiger partial charge in [-0.05, 0) is 44.0 Å². The number of anilines is 1. The Bertz CT molecular complexity index is 1600. The maximum atomic E-state index is 16.0. The number of fused-ring (bicyclic) bond motifs is 1. The third kappa shape index (κ3) is 7.03. The molecule has 2 aliphatic heterocycles. The number of carbonyl (C=O) groups excluding carboxylic acids is 4. The van der Waals surface area contributed by atoms with Gasteiger partial charge >= 0.3 is 5.97 Å². The smallest absolute Gasteiger partial charge is 0.359 e. The molecule has 236 valence electrons. The molecule has 2 aliphatic rings. The number of hydrogen-bond donors (Lipinski definition) is 0. The molecule has 0 N–H and O–H groups in total. The molecule has 0 spiro atoms. The lowest BCUT2D eigenvalue weighted by Crippen LogP contribution is -2.51. The van der Waals surface area contributed by atoms with E-state index in [1.807, 2.05) is 18.2 Å². The summed E-state index contributed by atoms with van der Waals surface area (Å²) in [6.07, 6.45) is -1.18. The first-order valence-corrected chi connectivity index (χ1v) is 14.6. The van der Waals surface area contributed by atoms with E-state index in [4.69, 9.17) is 25.8 Å². The molecule has 3 amide bonds. The number of amides is 3. The summed E-state index contributed by atoms with van der Waals surface area (Å²) < 4.78 is 48.0. The van der Waals surface area contributed by atoms with E-state index in [2.05, 4.69) is 4.98 Å². The van der Waals surface area contributed by atoms with Crippen molar-refractivity contribution in [1.82, 2.24) is 9.88 Å². The number of alkyl halides is 2. The highest BCUT2D eigenvalue weighted by atomic mass is 35.5. The molecule has 3 heterocycles. The number of nitrogens with zero attached hydrogens (tertiary/aromatic N) is 3. The minimum atomic E-state index is -3.87. The van der Waals surface area contributed by atoms with E-state index in [0.29, 0.717) is 15.4 Å². The normalized spacial score (nSPS) is 17.7. The zero-order valence-corrected chi connectivity index (χ0v) is 25.4. The standard InChI is InChI=1S/C32H30ClF2N3O7/c1-18(2)43-31(42)27-28(26(33)21(15-36-27)13-20-9-5-4-6-10-20)37(24(39)14-25-44-19(3)45-25)16-32(34,35)17-38-29(40)22-11-7-8-12-23(22)30(38)41/h4-12,15,18-19,25H,13-14,16-17H2,1-3H3. The zero-order chi connectivity index (χ0) is 32.5. The summed E-state index contributed by atoms with van der Waals surface area (Å²) in [5.74, 6) is -7.55. The van der Waals surface area contributed by atoms with E-state index in [-0.39, 0.29) is 22.6 Å². The third-order valence-corrected chi connectivity index (χ3v) is 7.52. The number of carbonyl (C=O) groups is 4. The molecule has 0 saturated carbocycles. The molecule has 0 aliphatic carbocycles. The van der Waals surface area contributed by atoms with Crippen LogP contribution in [0.1, 0.15) is 69.5 Å². The molecule has 2 aromatic carbocycles. The number of hydrogen-bond acceptors (Lipinski definition) is 8. The molecule has 3 aromatic rings. The van der Waals surface area contributed by atoms with Crippen molar-refractivity contribution in [2.45, 2.75) is 58.2 Å². The maximum Gasteiger partial charge on any atom is 0.359 e. The van der Waals surface area contributed by atoms with Crippen LogP contribution in [0.2, 0.25) is 5.02 Å². The Morgan fingerprint density at radius 3 is 2.22 bits per heavy atom. The van der Waals surface area contributed by atoms with Crippen molar-refractivity contribution < 1.29 is 42.2 Å². The minimum absolute atomic E-state index is 0.000733. The molecule has 1 fully saturated rings. The van der Waals surface area contributed by atoms with E-state index in [1.165, 1.54) is 30.5 Å². The van der Waals surface area contributed by atoms with Crippen molar-refractivity contribution in [2.75, 3.05) is 18.0 Å². The SMILES string of the molecule is CC(C)OC(=O)c1ncc(Cc2ccccc2)c(Cl)c1N(CC(F)(F)CN1C(=O)c2ccccc2C1=O)C(=O)CC1OC(C)O1. The van der Waals surface area contributed by atoms with Gasteiger partial charge in [0.1, 0.15) is 0 Å². The number of ether oxygens (including phenoxy) is 3. The molecular formula is C32H30ClF2N3O7. The van der Waals surface area contributed by atoms with Gasteiger partial charge in [0.2, 0.25) is 5.91 Å². The number of aromatic nitrogens is 1. The van der Waals surface area contributed by atoms with Crippen LogP contribution < -0.4 is 4.90 Å². The van der Waals surface area contributed by atoms with Crippen LogP contribution in [0.4, 0.5) is 14.5 Å². The van der Waals surface area contributed by atoms with E-state index >= 15 is 8.78 Å². The fourth-order valence-electron chi connectivity index (χ4n) is 5.09. The minimum Gasteiger partial charge on any atom is -0.458 e. The highest BCUT2D eigenvalue weighted by Gasteiger charge is 2.45. The van der Waals surface area contributed by atoms with Crippen LogP contribution >= 0.6 is 11.6 Å². The predicted octanol–water partition coefficient (Wildman–Crippen LogP) is 5.26. The first kappa shape index (κ1) is 32.1. The van der Waals surface area contributed by atoms with Crippen molar-refractivity contribution in [3.05, 3.63) is 93.8 Å². The van der Waals surface area contributed by atoms with Gasteiger partial charge < -0.3 is 19.1 Å². The van der Waals surface area contributed by atoms with Crippen molar-refractivity contribution in [2.24, 2.45) is 0 Å². The Hall–Kier alpha value is -4.26. The van der Waals surface area contributed by atoms with Gasteiger partial charge in [0.05, 0.1) is 47.5 Å². The zero-order valence-electron chi connectivity index (χ0n) is 24.7. The Balaban J connectivity index is 1.54. The number of halogens is 3. The molecule has 45 heavy (non-hydrogen) atoms. The summed E-state index contributed by atoms with van der Waals surface area (Å²) in [5.41, 5.74) is 0.307. The van der Waals surface area contributed by atoms with Crippen LogP contribution in [0.25, 0.3) is 0 Å². The van der Waals surface area contributed by atoms with Gasteiger partial charge in [-0.3, -0.25) is 19.3 Å². The summed E-state index contributed by atoms with van der Waals surface area (Å²) in [7, 11) is 0. The van der Waals surface area contributed by atoms with E-state index in [0.717, 1.165) is 5.56 Å². The molecular weight excluding hydrogens is 612 g/mol. The number of rotatable bonds is 11. The van der Waals surface area contributed by atoms with Crippen molar-refractivity contribution in [3.63, 3.8) is 0 Å². The number of pyridine rings is 1. The third-order valence-electron chi connectivity index (χ3n) is 7.09. The van der Waals surface area contributed by atoms with Crippen LogP contribution in [0, 0.1) is 0 Å². The number of esters is 1. The molecule has 13 heteroatoms. The highest BCUT2D eigenvalue weighted by molar-refractivity contribution is 6.35. The van der Waals surface area contributed by atoms with Crippen LogP contribution in [0.3, 0.4) is 0 Å². The number of benzene rings is 2. The van der Waals surface area contributed by atoms with E-state index in [9.17, 15) is 19.2 Å². The van der Waals surface area contributed by atoms with E-state index < -0.39 is 79.2 Å². The second kappa shape index (κ2) is 13.0. The summed E-state index contributed by atoms with van der Waals surface area (Å²) in [6, 6.07) is 14.9. The lowest BCUT2D eigenvalue weighted by Gasteiger charge is -2.36. The second-order valence-electron chi connectivity index (χ2n) is 11.0. The summed E-state index contributed by atoms with van der Waals surface area (Å²) >= 11 is 6.83. The van der Waals surface area contributed by atoms with Gasteiger partial charge in [0.25, 0.3) is 17.7 Å². The number of imide groups is 1. The maximum absolute atomic E-state index is 16.0. The van der Waals surface area contributed by atoms with Gasteiger partial charge in [0.15, 0.2) is 18.3 Å². The molecule has 5 rings (SSSR count). The molecule has 1 aromatic heterocycles. The van der Waals surface area contributed by atoms with Gasteiger partial charge in [-0.25, -0.2) is 18.6 Å². The first-order valence-electron chi connectivity index (χ1n) is 14.2. The Labute approximate surface area is 262 Å². The van der Waals surface area contributed by atoms with Crippen molar-refractivity contribution in [1.29, 1.82) is 0 Å². The van der Waals surface area contributed by atoms with Crippen LogP contribution in [0.5, 0.6) is 0 Å². The van der Waals surface area contributed by atoms with E-state index in [1.54, 1.807) is 32.9 Å².